The number of ether oxygens (including phenoxy) is 4. The monoisotopic (exact) mass is 559 g/mol. The Balaban J connectivity index is 1.41. The van der Waals surface area contributed by atoms with Gasteiger partial charge in [-0.3, -0.25) is 4.79 Å². The van der Waals surface area contributed by atoms with E-state index in [1.165, 1.54) is 7.11 Å². The predicted octanol–water partition coefficient (Wildman–Crippen LogP) is 5.16. The molecule has 1 N–H and O–H groups in total. The number of benzene rings is 3. The number of carbonyl (C=O) groups excluding carboxylic acids is 4. The maximum Gasteiger partial charge on any atom is 0.407 e. The van der Waals surface area contributed by atoms with Gasteiger partial charge in [-0.25, -0.2) is 14.4 Å². The number of rotatable bonds is 9. The van der Waals surface area contributed by atoms with E-state index in [2.05, 4.69) is 10.1 Å². The lowest BCUT2D eigenvalue weighted by molar-refractivity contribution is -0.160. The molecule has 41 heavy (non-hydrogen) atoms. The molecule has 0 saturated heterocycles. The van der Waals surface area contributed by atoms with Crippen molar-refractivity contribution in [3.8, 4) is 11.1 Å². The van der Waals surface area contributed by atoms with Crippen LogP contribution in [-0.2, 0) is 35.1 Å². The third kappa shape index (κ3) is 7.51. The van der Waals surface area contributed by atoms with Crippen LogP contribution in [-0.4, -0.2) is 49.4 Å². The lowest BCUT2D eigenvalue weighted by Crippen LogP contribution is -2.44. The van der Waals surface area contributed by atoms with E-state index < -0.39 is 42.1 Å². The highest BCUT2D eigenvalue weighted by Gasteiger charge is 2.31. The molecule has 3 aromatic rings. The largest absolute Gasteiger partial charge is 0.465 e. The molecule has 214 valence electrons. The highest BCUT2D eigenvalue weighted by atomic mass is 16.6. The van der Waals surface area contributed by atoms with E-state index in [1.54, 1.807) is 45.0 Å². The molecule has 0 aromatic heterocycles. The molecule has 0 aliphatic heterocycles. The molecular weight excluding hydrogens is 526 g/mol. The number of amides is 1. The maximum absolute atomic E-state index is 13.0. The third-order valence-corrected chi connectivity index (χ3v) is 6.47. The summed E-state index contributed by atoms with van der Waals surface area (Å²) in [4.78, 5) is 50.0. The zero-order valence-corrected chi connectivity index (χ0v) is 23.5. The van der Waals surface area contributed by atoms with Gasteiger partial charge in [-0.2, -0.15) is 0 Å². The summed E-state index contributed by atoms with van der Waals surface area (Å²) in [5, 5.41) is 2.48. The molecule has 0 spiro atoms. The molecule has 1 aliphatic rings. The fraction of sp³-hybridized carbons (Fsp3) is 0.312. The molecule has 4 rings (SSSR count). The summed E-state index contributed by atoms with van der Waals surface area (Å²) in [7, 11) is 1.28. The fourth-order valence-corrected chi connectivity index (χ4v) is 4.64. The highest BCUT2D eigenvalue weighted by molar-refractivity contribution is 5.89. The summed E-state index contributed by atoms with van der Waals surface area (Å²) in [5.74, 6) is -2.17. The average molecular weight is 560 g/mol. The van der Waals surface area contributed by atoms with Crippen molar-refractivity contribution in [3.63, 3.8) is 0 Å². The van der Waals surface area contributed by atoms with Gasteiger partial charge in [0.15, 0.2) is 0 Å². The van der Waals surface area contributed by atoms with Crippen LogP contribution in [0.1, 0.15) is 60.2 Å². The van der Waals surface area contributed by atoms with Crippen molar-refractivity contribution in [3.05, 3.63) is 95.1 Å². The molecule has 1 aliphatic carbocycles. The van der Waals surface area contributed by atoms with Crippen LogP contribution in [0.3, 0.4) is 0 Å². The van der Waals surface area contributed by atoms with Crippen LogP contribution in [0.25, 0.3) is 11.1 Å². The second-order valence-electron chi connectivity index (χ2n) is 10.6. The lowest BCUT2D eigenvalue weighted by atomic mass is 9.98. The molecule has 1 atom stereocenters. The Bertz CT molecular complexity index is 1380. The maximum atomic E-state index is 13.0. The summed E-state index contributed by atoms with van der Waals surface area (Å²) in [6.45, 7) is 5.01. The number of alkyl carbamates (subject to hydrolysis) is 1. The predicted molar refractivity (Wildman–Crippen MR) is 150 cm³/mol. The van der Waals surface area contributed by atoms with Gasteiger partial charge in [0.1, 0.15) is 24.9 Å². The van der Waals surface area contributed by atoms with E-state index in [9.17, 15) is 19.2 Å². The van der Waals surface area contributed by atoms with Crippen molar-refractivity contribution in [2.75, 3.05) is 13.7 Å². The highest BCUT2D eigenvalue weighted by Crippen LogP contribution is 2.44. The van der Waals surface area contributed by atoms with E-state index in [4.69, 9.17) is 14.2 Å². The first-order valence-corrected chi connectivity index (χ1v) is 13.2. The van der Waals surface area contributed by atoms with Crippen LogP contribution < -0.4 is 5.32 Å². The molecule has 9 nitrogen and oxygen atoms in total. The third-order valence-electron chi connectivity index (χ3n) is 6.47. The molecule has 0 unspecified atom stereocenters. The van der Waals surface area contributed by atoms with Gasteiger partial charge in [0.05, 0.1) is 19.1 Å². The molecule has 0 heterocycles. The van der Waals surface area contributed by atoms with Gasteiger partial charge in [-0.05, 0) is 60.7 Å². The minimum absolute atomic E-state index is 0.0423. The van der Waals surface area contributed by atoms with Gasteiger partial charge < -0.3 is 24.3 Å². The van der Waals surface area contributed by atoms with Crippen LogP contribution in [0, 0.1) is 0 Å². The number of esters is 3. The molecule has 3 aromatic carbocycles. The smallest absolute Gasteiger partial charge is 0.407 e. The molecular formula is C32H33NO8. The Morgan fingerprint density at radius 3 is 1.98 bits per heavy atom. The zero-order chi connectivity index (χ0) is 29.6. The van der Waals surface area contributed by atoms with E-state index in [0.717, 1.165) is 22.3 Å². The van der Waals surface area contributed by atoms with Crippen molar-refractivity contribution < 1.29 is 38.1 Å². The van der Waals surface area contributed by atoms with E-state index in [-0.39, 0.29) is 19.1 Å². The van der Waals surface area contributed by atoms with Gasteiger partial charge >= 0.3 is 24.0 Å². The number of fused-ring (bicyclic) bond motifs is 3. The molecule has 0 bridgehead atoms. The Labute approximate surface area is 238 Å². The summed E-state index contributed by atoms with van der Waals surface area (Å²) >= 11 is 0. The zero-order valence-electron chi connectivity index (χ0n) is 23.5. The topological polar surface area (TPSA) is 117 Å². The van der Waals surface area contributed by atoms with Crippen LogP contribution in [0.5, 0.6) is 0 Å². The first kappa shape index (κ1) is 29.3. The van der Waals surface area contributed by atoms with E-state index >= 15 is 0 Å². The molecule has 0 fully saturated rings. The minimum atomic E-state index is -1.34. The van der Waals surface area contributed by atoms with E-state index in [1.807, 2.05) is 48.5 Å². The first-order chi connectivity index (χ1) is 19.6. The van der Waals surface area contributed by atoms with Gasteiger partial charge in [-0.15, -0.1) is 0 Å². The summed E-state index contributed by atoms with van der Waals surface area (Å²) < 4.78 is 21.0. The number of carbonyl (C=O) groups is 4. The Morgan fingerprint density at radius 2 is 1.41 bits per heavy atom. The Morgan fingerprint density at radius 1 is 0.829 bits per heavy atom. The molecule has 0 radical (unpaired) electrons. The summed E-state index contributed by atoms with van der Waals surface area (Å²) in [6, 6.07) is 20.8. The van der Waals surface area contributed by atoms with Crippen LogP contribution in [0.15, 0.2) is 72.8 Å². The van der Waals surface area contributed by atoms with Crippen LogP contribution in [0.4, 0.5) is 4.79 Å². The molecule has 0 saturated carbocycles. The number of hydrogen-bond donors (Lipinski definition) is 1. The van der Waals surface area contributed by atoms with Crippen molar-refractivity contribution in [2.24, 2.45) is 0 Å². The van der Waals surface area contributed by atoms with Crippen molar-refractivity contribution >= 4 is 24.0 Å². The molecule has 9 heteroatoms. The van der Waals surface area contributed by atoms with Crippen LogP contribution >= 0.6 is 0 Å². The molecule has 1 amide bonds. The quantitative estimate of drug-likeness (QED) is 0.282. The van der Waals surface area contributed by atoms with Gasteiger partial charge in [0, 0.05) is 5.92 Å². The van der Waals surface area contributed by atoms with E-state index in [0.29, 0.717) is 11.1 Å². The van der Waals surface area contributed by atoms with Crippen molar-refractivity contribution in [2.45, 2.75) is 51.4 Å². The van der Waals surface area contributed by atoms with Gasteiger partial charge in [0.2, 0.25) is 0 Å². The number of nitrogens with one attached hydrogen (secondary N) is 1. The number of hydrogen-bond acceptors (Lipinski definition) is 8. The second kappa shape index (κ2) is 12.7. The van der Waals surface area contributed by atoms with Crippen LogP contribution in [0.2, 0.25) is 0 Å². The Hall–Kier alpha value is -4.66. The summed E-state index contributed by atoms with van der Waals surface area (Å²) in [6.07, 6.45) is -1.30. The van der Waals surface area contributed by atoms with Gasteiger partial charge in [-0.1, -0.05) is 60.7 Å². The summed E-state index contributed by atoms with van der Waals surface area (Å²) in [5.41, 5.74) is 4.43. The first-order valence-electron chi connectivity index (χ1n) is 13.2. The minimum Gasteiger partial charge on any atom is -0.465 e. The average Bonchev–Trinajstić information content (AvgIpc) is 3.27. The van der Waals surface area contributed by atoms with Gasteiger partial charge in [0.25, 0.3) is 0 Å². The SMILES string of the molecule is COC(=O)c1ccc(COC(=O)[C@H](CC(=O)OC(C)(C)C)NC(=O)OCC2c3ccccc3-c3ccccc32)cc1. The normalized spacial score (nSPS) is 12.9. The Kier molecular flexibility index (Phi) is 9.07. The standard InChI is InChI=1S/C32H33NO8/c1-32(2,3)41-28(34)17-27(30(36)39-18-20-13-15-21(16-14-20)29(35)38-4)33-31(37)40-19-26-24-11-7-5-9-22(24)23-10-6-8-12-25(23)26/h5-16,26-27H,17-19H2,1-4H3,(H,33,37)/t27-/m0/s1. The lowest BCUT2D eigenvalue weighted by Gasteiger charge is -2.22. The second-order valence-corrected chi connectivity index (χ2v) is 10.6. The van der Waals surface area contributed by atoms with Crippen molar-refractivity contribution in [1.82, 2.24) is 5.32 Å². The number of methoxy groups -OCH3 is 1. The fourth-order valence-electron chi connectivity index (χ4n) is 4.64. The van der Waals surface area contributed by atoms with Crippen molar-refractivity contribution in [1.29, 1.82) is 0 Å².